The third-order valence-corrected chi connectivity index (χ3v) is 3.70. The third kappa shape index (κ3) is 4.25. The fourth-order valence-corrected chi connectivity index (χ4v) is 2.19. The largest absolute Gasteiger partial charge is 0.480 e. The molecule has 1 aromatic carbocycles. The first-order valence-electron chi connectivity index (χ1n) is 6.26. The zero-order valence-corrected chi connectivity index (χ0v) is 12.4. The van der Waals surface area contributed by atoms with Crippen LogP contribution in [0, 0.1) is 0 Å². The van der Waals surface area contributed by atoms with Gasteiger partial charge in [0.15, 0.2) is 0 Å². The molecule has 0 fully saturated rings. The second-order valence-corrected chi connectivity index (χ2v) is 5.70. The number of carboxylic acids is 1. The summed E-state index contributed by atoms with van der Waals surface area (Å²) in [5.41, 5.74) is 5.44. The molecule has 0 bridgehead atoms. The van der Waals surface area contributed by atoms with E-state index in [0.29, 0.717) is 17.7 Å². The van der Waals surface area contributed by atoms with Crippen molar-refractivity contribution in [2.45, 2.75) is 24.9 Å². The van der Waals surface area contributed by atoms with Gasteiger partial charge in [-0.05, 0) is 30.9 Å². The van der Waals surface area contributed by atoms with E-state index in [1.54, 1.807) is 31.2 Å². The van der Waals surface area contributed by atoms with Crippen LogP contribution in [0.4, 0.5) is 0 Å². The second-order valence-electron chi connectivity index (χ2n) is 4.71. The SMILES string of the molecule is CSCCC(NC(=O)C(C)(N)c1ccccc1)C(=O)O. The van der Waals surface area contributed by atoms with Gasteiger partial charge in [-0.3, -0.25) is 4.79 Å². The Bertz CT molecular complexity index is 463. The van der Waals surface area contributed by atoms with Crippen molar-refractivity contribution < 1.29 is 14.7 Å². The van der Waals surface area contributed by atoms with E-state index in [1.165, 1.54) is 11.8 Å². The van der Waals surface area contributed by atoms with E-state index in [1.807, 2.05) is 12.3 Å². The minimum atomic E-state index is -1.26. The lowest BCUT2D eigenvalue weighted by Gasteiger charge is -2.26. The lowest BCUT2D eigenvalue weighted by molar-refractivity contribution is -0.142. The Balaban J connectivity index is 2.80. The van der Waals surface area contributed by atoms with E-state index in [2.05, 4.69) is 5.32 Å². The average Bonchev–Trinajstić information content (AvgIpc) is 2.43. The van der Waals surface area contributed by atoms with Gasteiger partial charge in [-0.25, -0.2) is 4.79 Å². The highest BCUT2D eigenvalue weighted by molar-refractivity contribution is 7.98. The van der Waals surface area contributed by atoms with Crippen LogP contribution < -0.4 is 11.1 Å². The number of benzene rings is 1. The van der Waals surface area contributed by atoms with E-state index in [0.717, 1.165) is 0 Å². The molecule has 0 saturated carbocycles. The summed E-state index contributed by atoms with van der Waals surface area (Å²) in [6.07, 6.45) is 2.25. The average molecular weight is 296 g/mol. The Hall–Kier alpha value is -1.53. The molecule has 5 nitrogen and oxygen atoms in total. The van der Waals surface area contributed by atoms with E-state index < -0.39 is 23.5 Å². The lowest BCUT2D eigenvalue weighted by Crippen LogP contribution is -2.53. The highest BCUT2D eigenvalue weighted by Gasteiger charge is 2.33. The predicted molar refractivity (Wildman–Crippen MR) is 80.5 cm³/mol. The van der Waals surface area contributed by atoms with Gasteiger partial charge in [-0.1, -0.05) is 30.3 Å². The highest BCUT2D eigenvalue weighted by atomic mass is 32.2. The fraction of sp³-hybridized carbons (Fsp3) is 0.429. The van der Waals surface area contributed by atoms with Gasteiger partial charge in [0.25, 0.3) is 0 Å². The Morgan fingerprint density at radius 3 is 2.50 bits per heavy atom. The van der Waals surface area contributed by atoms with Crippen LogP contribution in [0.15, 0.2) is 30.3 Å². The van der Waals surface area contributed by atoms with Gasteiger partial charge < -0.3 is 16.2 Å². The number of rotatable bonds is 7. The summed E-state index contributed by atoms with van der Waals surface area (Å²) >= 11 is 1.53. The number of hydrogen-bond acceptors (Lipinski definition) is 4. The smallest absolute Gasteiger partial charge is 0.326 e. The molecule has 1 rings (SSSR count). The topological polar surface area (TPSA) is 92.4 Å². The van der Waals surface area contributed by atoms with Gasteiger partial charge >= 0.3 is 5.97 Å². The molecule has 0 spiro atoms. The standard InChI is InChI=1S/C14H20N2O3S/c1-14(15,10-6-4-3-5-7-10)13(19)16-11(12(17)18)8-9-20-2/h3-7,11H,8-9,15H2,1-2H3,(H,16,19)(H,17,18). The number of aliphatic carboxylic acids is 1. The molecule has 0 saturated heterocycles. The lowest BCUT2D eigenvalue weighted by atomic mass is 9.92. The molecule has 110 valence electrons. The molecule has 2 unspecified atom stereocenters. The summed E-state index contributed by atoms with van der Waals surface area (Å²) in [7, 11) is 0. The van der Waals surface area contributed by atoms with Crippen molar-refractivity contribution in [2.24, 2.45) is 5.73 Å². The third-order valence-electron chi connectivity index (χ3n) is 3.06. The van der Waals surface area contributed by atoms with E-state index in [9.17, 15) is 9.59 Å². The minimum absolute atomic E-state index is 0.368. The quantitative estimate of drug-likeness (QED) is 0.702. The van der Waals surface area contributed by atoms with Crippen LogP contribution in [0.2, 0.25) is 0 Å². The van der Waals surface area contributed by atoms with Gasteiger partial charge in [0.1, 0.15) is 11.6 Å². The van der Waals surface area contributed by atoms with Crippen LogP contribution in [0.3, 0.4) is 0 Å². The molecule has 2 atom stereocenters. The number of carboxylic acid groups (broad SMARTS) is 1. The molecule has 1 amide bonds. The summed E-state index contributed by atoms with van der Waals surface area (Å²) in [6.45, 7) is 1.57. The Morgan fingerprint density at radius 2 is 2.00 bits per heavy atom. The van der Waals surface area contributed by atoms with Crippen molar-refractivity contribution in [1.29, 1.82) is 0 Å². The maximum Gasteiger partial charge on any atom is 0.326 e. The van der Waals surface area contributed by atoms with Gasteiger partial charge in [-0.15, -0.1) is 0 Å². The van der Waals surface area contributed by atoms with Crippen molar-refractivity contribution in [3.63, 3.8) is 0 Å². The summed E-state index contributed by atoms with van der Waals surface area (Å²) < 4.78 is 0. The van der Waals surface area contributed by atoms with Crippen molar-refractivity contribution in [1.82, 2.24) is 5.32 Å². The Labute approximate surface area is 122 Å². The molecule has 6 heteroatoms. The van der Waals surface area contributed by atoms with Crippen LogP contribution in [0.25, 0.3) is 0 Å². The molecule has 1 aromatic rings. The zero-order chi connectivity index (χ0) is 15.2. The van der Waals surface area contributed by atoms with Crippen LogP contribution in [0.5, 0.6) is 0 Å². The van der Waals surface area contributed by atoms with Gasteiger partial charge in [0, 0.05) is 0 Å². The first-order valence-corrected chi connectivity index (χ1v) is 7.66. The van der Waals surface area contributed by atoms with Crippen LogP contribution in [-0.4, -0.2) is 35.0 Å². The molecular formula is C14H20N2O3S. The number of thioether (sulfide) groups is 1. The second kappa shape index (κ2) is 7.31. The van der Waals surface area contributed by atoms with E-state index in [-0.39, 0.29) is 0 Å². The number of amides is 1. The molecule has 4 N–H and O–H groups in total. The molecule has 0 aliphatic rings. The maximum absolute atomic E-state index is 12.2. The zero-order valence-electron chi connectivity index (χ0n) is 11.6. The van der Waals surface area contributed by atoms with Crippen LogP contribution in [0.1, 0.15) is 18.9 Å². The Morgan fingerprint density at radius 1 is 1.40 bits per heavy atom. The predicted octanol–water partition coefficient (Wildman–Crippen LogP) is 1.18. The van der Waals surface area contributed by atoms with E-state index in [4.69, 9.17) is 10.8 Å². The summed E-state index contributed by atoms with van der Waals surface area (Å²) in [5, 5.41) is 11.6. The monoisotopic (exact) mass is 296 g/mol. The molecule has 0 radical (unpaired) electrons. The van der Waals surface area contributed by atoms with Crippen molar-refractivity contribution >= 4 is 23.6 Å². The summed E-state index contributed by atoms with van der Waals surface area (Å²) in [5.74, 6) is -0.877. The van der Waals surface area contributed by atoms with Crippen LogP contribution >= 0.6 is 11.8 Å². The van der Waals surface area contributed by atoms with Crippen molar-refractivity contribution in [2.75, 3.05) is 12.0 Å². The minimum Gasteiger partial charge on any atom is -0.480 e. The molecule has 20 heavy (non-hydrogen) atoms. The van der Waals surface area contributed by atoms with E-state index >= 15 is 0 Å². The van der Waals surface area contributed by atoms with Crippen molar-refractivity contribution in [3.05, 3.63) is 35.9 Å². The number of nitrogens with two attached hydrogens (primary N) is 1. The number of hydrogen-bond donors (Lipinski definition) is 3. The molecule has 0 aliphatic carbocycles. The first-order chi connectivity index (χ1) is 9.39. The molecule has 0 aromatic heterocycles. The maximum atomic E-state index is 12.2. The Kier molecular flexibility index (Phi) is 6.04. The molecular weight excluding hydrogens is 276 g/mol. The first kappa shape index (κ1) is 16.5. The molecule has 0 heterocycles. The number of carbonyl (C=O) groups excluding carboxylic acids is 1. The highest BCUT2D eigenvalue weighted by Crippen LogP contribution is 2.18. The fourth-order valence-electron chi connectivity index (χ4n) is 1.72. The van der Waals surface area contributed by atoms with Gasteiger partial charge in [-0.2, -0.15) is 11.8 Å². The molecule has 0 aliphatic heterocycles. The summed E-state index contributed by atoms with van der Waals surface area (Å²) in [4.78, 5) is 23.4. The van der Waals surface area contributed by atoms with Crippen LogP contribution in [-0.2, 0) is 15.1 Å². The van der Waals surface area contributed by atoms with Gasteiger partial charge in [0.2, 0.25) is 5.91 Å². The van der Waals surface area contributed by atoms with Gasteiger partial charge in [0.05, 0.1) is 0 Å². The number of carbonyl (C=O) groups is 2. The van der Waals surface area contributed by atoms with Crippen molar-refractivity contribution in [3.8, 4) is 0 Å². The number of nitrogens with one attached hydrogen (secondary N) is 1. The normalized spacial score (nSPS) is 15.2. The summed E-state index contributed by atoms with van der Waals surface area (Å²) in [6, 6.07) is 7.98.